The number of rotatable bonds is 6. The molecule has 1 aliphatic heterocycles. The molecule has 1 saturated heterocycles. The molecule has 0 bridgehead atoms. The van der Waals surface area contributed by atoms with Gasteiger partial charge in [0.25, 0.3) is 5.56 Å². The predicted molar refractivity (Wildman–Crippen MR) is 87.3 cm³/mol. The van der Waals surface area contributed by atoms with Gasteiger partial charge < -0.3 is 24.8 Å². The number of esters is 1. The van der Waals surface area contributed by atoms with Crippen LogP contribution in [0.1, 0.15) is 31.2 Å². The highest BCUT2D eigenvalue weighted by Gasteiger charge is 2.36. The number of halogens is 1. The van der Waals surface area contributed by atoms with E-state index in [4.69, 9.17) is 14.6 Å². The van der Waals surface area contributed by atoms with Crippen molar-refractivity contribution in [3.63, 3.8) is 0 Å². The Morgan fingerprint density at radius 3 is 2.80 bits per heavy atom. The molecule has 11 heteroatoms. The third-order valence-corrected chi connectivity index (χ3v) is 4.67. The van der Waals surface area contributed by atoms with Crippen LogP contribution in [-0.4, -0.2) is 61.1 Å². The number of carbonyl (C=O) groups is 1. The van der Waals surface area contributed by atoms with Crippen molar-refractivity contribution in [1.29, 1.82) is 0 Å². The first-order valence-electron chi connectivity index (χ1n) is 7.58. The first kappa shape index (κ1) is 19.8. The Labute approximate surface area is 150 Å². The first-order valence-corrected chi connectivity index (χ1v) is 8.50. The van der Waals surface area contributed by atoms with Gasteiger partial charge in [0, 0.05) is 12.6 Å². The average molecular weight is 423 g/mol. The number of aliphatic hydroxyl groups excluding tert-OH is 3. The molecule has 2 rings (SSSR count). The molecule has 0 saturated carbocycles. The van der Waals surface area contributed by atoms with Crippen LogP contribution in [0.25, 0.3) is 0 Å². The number of hydrogen-bond donors (Lipinski definition) is 4. The minimum Gasteiger partial charge on any atom is -0.465 e. The second-order valence-corrected chi connectivity index (χ2v) is 6.45. The van der Waals surface area contributed by atoms with Crippen molar-refractivity contribution in [3.8, 4) is 0 Å². The molecule has 25 heavy (non-hydrogen) atoms. The zero-order chi connectivity index (χ0) is 18.7. The Bertz CT molecular complexity index is 732. The van der Waals surface area contributed by atoms with Crippen LogP contribution in [0.4, 0.5) is 0 Å². The number of hydrogen-bond acceptors (Lipinski definition) is 8. The number of carbonyl (C=O) groups excluding carboxylic acids is 1. The number of nitrogens with one attached hydrogen (secondary N) is 1. The summed E-state index contributed by atoms with van der Waals surface area (Å²) in [6, 6.07) is 0. The van der Waals surface area contributed by atoms with Crippen LogP contribution in [0, 0.1) is 0 Å². The van der Waals surface area contributed by atoms with Gasteiger partial charge in [0.2, 0.25) is 0 Å². The Morgan fingerprint density at radius 1 is 1.56 bits per heavy atom. The van der Waals surface area contributed by atoms with Crippen LogP contribution in [-0.2, 0) is 14.3 Å². The molecule has 1 aromatic heterocycles. The van der Waals surface area contributed by atoms with Crippen molar-refractivity contribution in [2.75, 3.05) is 13.2 Å². The Hall–Kier alpha value is -1.53. The lowest BCUT2D eigenvalue weighted by Crippen LogP contribution is -2.37. The Morgan fingerprint density at radius 2 is 2.24 bits per heavy atom. The minimum atomic E-state index is -1.57. The highest BCUT2D eigenvalue weighted by Crippen LogP contribution is 2.28. The number of alkyl halides is 1. The minimum absolute atomic E-state index is 0.0162. The van der Waals surface area contributed by atoms with E-state index in [-0.39, 0.29) is 18.6 Å². The molecule has 1 aliphatic rings. The fourth-order valence-electron chi connectivity index (χ4n) is 2.48. The SMILES string of the molecule is CCOC(=O)C(Br)C(O)c1cn([C@H]2C[C@H](O)[C@@H](CO)O2)c(=O)[nH]c1=O. The summed E-state index contributed by atoms with van der Waals surface area (Å²) in [5.74, 6) is -0.764. The first-order chi connectivity index (χ1) is 11.8. The molecule has 140 valence electrons. The second-order valence-electron chi connectivity index (χ2n) is 5.46. The quantitative estimate of drug-likeness (QED) is 0.320. The molecular weight excluding hydrogens is 404 g/mol. The van der Waals surface area contributed by atoms with Crippen LogP contribution in [0.15, 0.2) is 15.8 Å². The summed E-state index contributed by atoms with van der Waals surface area (Å²) in [5, 5.41) is 29.2. The molecule has 0 spiro atoms. The standard InChI is InChI=1S/C14H19BrN2O8/c1-2-24-13(22)10(15)11(20)6-4-17(14(23)16-12(6)21)9-3-7(19)8(5-18)25-9/h4,7-11,18-20H,2-3,5H2,1H3,(H,16,21,23)/t7-,8+,9+,10?,11?/m0/s1. The van der Waals surface area contributed by atoms with Gasteiger partial charge in [-0.25, -0.2) is 4.79 Å². The molecular formula is C14H19BrN2O8. The number of H-pyrrole nitrogens is 1. The molecule has 10 nitrogen and oxygen atoms in total. The van der Waals surface area contributed by atoms with E-state index in [1.54, 1.807) is 6.92 Å². The van der Waals surface area contributed by atoms with Crippen molar-refractivity contribution >= 4 is 21.9 Å². The van der Waals surface area contributed by atoms with E-state index < -0.39 is 53.2 Å². The van der Waals surface area contributed by atoms with Crippen molar-refractivity contribution < 1.29 is 29.6 Å². The Balaban J connectivity index is 2.34. The average Bonchev–Trinajstić information content (AvgIpc) is 2.94. The van der Waals surface area contributed by atoms with Gasteiger partial charge in [-0.1, -0.05) is 15.9 Å². The zero-order valence-corrected chi connectivity index (χ0v) is 14.9. The fraction of sp³-hybridized carbons (Fsp3) is 0.643. The van der Waals surface area contributed by atoms with Gasteiger partial charge >= 0.3 is 11.7 Å². The summed E-state index contributed by atoms with van der Waals surface area (Å²) in [6.45, 7) is 1.26. The van der Waals surface area contributed by atoms with Crippen molar-refractivity contribution in [3.05, 3.63) is 32.6 Å². The molecule has 0 aliphatic carbocycles. The van der Waals surface area contributed by atoms with Gasteiger partial charge in [-0.15, -0.1) is 0 Å². The molecule has 1 aromatic rings. The third-order valence-electron chi connectivity index (χ3n) is 3.80. The summed E-state index contributed by atoms with van der Waals surface area (Å²) in [5.41, 5.74) is -1.92. The monoisotopic (exact) mass is 422 g/mol. The zero-order valence-electron chi connectivity index (χ0n) is 13.3. The predicted octanol–water partition coefficient (Wildman–Crippen LogP) is -1.46. The van der Waals surface area contributed by atoms with Crippen LogP contribution < -0.4 is 11.2 Å². The van der Waals surface area contributed by atoms with Gasteiger partial charge in [-0.2, -0.15) is 0 Å². The molecule has 0 aromatic carbocycles. The van der Waals surface area contributed by atoms with Gasteiger partial charge in [0.1, 0.15) is 23.3 Å². The van der Waals surface area contributed by atoms with Crippen LogP contribution in [0.2, 0.25) is 0 Å². The van der Waals surface area contributed by atoms with Crippen LogP contribution in [0.5, 0.6) is 0 Å². The maximum Gasteiger partial charge on any atom is 0.330 e. The van der Waals surface area contributed by atoms with E-state index in [0.717, 1.165) is 10.8 Å². The molecule has 0 radical (unpaired) electrons. The molecule has 2 heterocycles. The molecule has 1 fully saturated rings. The summed E-state index contributed by atoms with van der Waals surface area (Å²) in [4.78, 5) is 36.5. The number of aromatic nitrogens is 2. The van der Waals surface area contributed by atoms with Crippen molar-refractivity contribution in [1.82, 2.24) is 9.55 Å². The van der Waals surface area contributed by atoms with E-state index >= 15 is 0 Å². The topological polar surface area (TPSA) is 151 Å². The molecule has 2 unspecified atom stereocenters. The number of aromatic amines is 1. The third kappa shape index (κ3) is 4.18. The van der Waals surface area contributed by atoms with Crippen molar-refractivity contribution in [2.45, 2.75) is 42.7 Å². The molecule has 5 atom stereocenters. The van der Waals surface area contributed by atoms with Crippen molar-refractivity contribution in [2.24, 2.45) is 0 Å². The second kappa shape index (κ2) is 8.23. The van der Waals surface area contributed by atoms with Gasteiger partial charge in [0.15, 0.2) is 0 Å². The lowest BCUT2D eigenvalue weighted by Gasteiger charge is -2.19. The maximum absolute atomic E-state index is 12.0. The normalized spacial score (nSPS) is 25.6. The fourth-order valence-corrected chi connectivity index (χ4v) is 2.90. The van der Waals surface area contributed by atoms with Crippen LogP contribution >= 0.6 is 15.9 Å². The van der Waals surface area contributed by atoms with E-state index in [0.29, 0.717) is 0 Å². The number of nitrogens with zero attached hydrogens (tertiary/aromatic N) is 1. The largest absolute Gasteiger partial charge is 0.465 e. The van der Waals surface area contributed by atoms with E-state index in [1.807, 2.05) is 4.98 Å². The summed E-state index contributed by atoms with van der Waals surface area (Å²) >= 11 is 2.97. The van der Waals surface area contributed by atoms with E-state index in [9.17, 15) is 24.6 Å². The van der Waals surface area contributed by atoms with Gasteiger partial charge in [-0.05, 0) is 6.92 Å². The molecule has 4 N–H and O–H groups in total. The van der Waals surface area contributed by atoms with E-state index in [1.165, 1.54) is 0 Å². The summed E-state index contributed by atoms with van der Waals surface area (Å²) in [6.07, 6.45) is -3.27. The van der Waals surface area contributed by atoms with Gasteiger partial charge in [-0.3, -0.25) is 19.1 Å². The van der Waals surface area contributed by atoms with E-state index in [2.05, 4.69) is 15.9 Å². The highest BCUT2D eigenvalue weighted by molar-refractivity contribution is 9.10. The molecule has 0 amide bonds. The van der Waals surface area contributed by atoms with Gasteiger partial charge in [0.05, 0.1) is 24.9 Å². The number of ether oxygens (including phenoxy) is 2. The Kier molecular flexibility index (Phi) is 6.52. The number of aliphatic hydroxyl groups is 3. The smallest absolute Gasteiger partial charge is 0.330 e. The highest BCUT2D eigenvalue weighted by atomic mass is 79.9. The summed E-state index contributed by atoms with van der Waals surface area (Å²) < 4.78 is 11.1. The lowest BCUT2D eigenvalue weighted by molar-refractivity contribution is -0.144. The van der Waals surface area contributed by atoms with Crippen LogP contribution in [0.3, 0.4) is 0 Å². The maximum atomic E-state index is 12.0. The lowest BCUT2D eigenvalue weighted by atomic mass is 10.1. The summed E-state index contributed by atoms with van der Waals surface area (Å²) in [7, 11) is 0.